The number of hydrogen-bond donors (Lipinski definition) is 1. The zero-order valence-electron chi connectivity index (χ0n) is 13.2. The van der Waals surface area contributed by atoms with Crippen LogP contribution in [-0.4, -0.2) is 17.6 Å². The summed E-state index contributed by atoms with van der Waals surface area (Å²) in [5.74, 6) is 1.46. The fourth-order valence-corrected chi connectivity index (χ4v) is 3.66. The van der Waals surface area contributed by atoms with Gasteiger partial charge >= 0.3 is 0 Å². The summed E-state index contributed by atoms with van der Waals surface area (Å²) < 4.78 is 0. The van der Waals surface area contributed by atoms with Crippen molar-refractivity contribution in [3.05, 3.63) is 29.6 Å². The van der Waals surface area contributed by atoms with Crippen molar-refractivity contribution in [3.8, 4) is 0 Å². The molecule has 2 unspecified atom stereocenters. The highest BCUT2D eigenvalue weighted by atomic mass is 14.9. The molecule has 0 aromatic carbocycles. The number of hydrogen-bond acceptors (Lipinski definition) is 2. The fraction of sp³-hybridized carbons (Fsp3) is 0.722. The Labute approximate surface area is 123 Å². The summed E-state index contributed by atoms with van der Waals surface area (Å²) in [4.78, 5) is 4.43. The Morgan fingerprint density at radius 3 is 2.75 bits per heavy atom. The van der Waals surface area contributed by atoms with E-state index in [1.54, 1.807) is 0 Å². The summed E-state index contributed by atoms with van der Waals surface area (Å²) in [5.41, 5.74) is 3.23. The molecule has 2 atom stereocenters. The van der Waals surface area contributed by atoms with Crippen molar-refractivity contribution in [1.29, 1.82) is 0 Å². The number of nitrogens with one attached hydrogen (secondary N) is 1. The van der Waals surface area contributed by atoms with Gasteiger partial charge < -0.3 is 5.32 Å². The molecule has 20 heavy (non-hydrogen) atoms. The molecule has 2 aliphatic carbocycles. The van der Waals surface area contributed by atoms with Crippen molar-refractivity contribution in [3.63, 3.8) is 0 Å². The largest absolute Gasteiger partial charge is 0.314 e. The van der Waals surface area contributed by atoms with E-state index in [2.05, 4.69) is 43.3 Å². The molecule has 110 valence electrons. The van der Waals surface area contributed by atoms with Gasteiger partial charge in [0, 0.05) is 18.4 Å². The van der Waals surface area contributed by atoms with Crippen molar-refractivity contribution >= 4 is 0 Å². The topological polar surface area (TPSA) is 24.9 Å². The summed E-state index contributed by atoms with van der Waals surface area (Å²) in [5, 5.41) is 3.75. The maximum atomic E-state index is 4.43. The summed E-state index contributed by atoms with van der Waals surface area (Å²) in [6.07, 6.45) is 10.8. The minimum atomic E-state index is 0.477. The quantitative estimate of drug-likeness (QED) is 0.894. The molecule has 3 rings (SSSR count). The van der Waals surface area contributed by atoms with Crippen LogP contribution in [0.3, 0.4) is 0 Å². The number of aryl methyl sites for hydroxylation is 1. The SMILES string of the molecule is Cc1cncc(C2CC(C)(C)CCC2CNC2CC2)c1. The highest BCUT2D eigenvalue weighted by molar-refractivity contribution is 5.22. The Morgan fingerprint density at radius 2 is 2.05 bits per heavy atom. The molecular weight excluding hydrogens is 244 g/mol. The number of aromatic nitrogens is 1. The molecule has 0 bridgehead atoms. The molecule has 0 spiro atoms. The van der Waals surface area contributed by atoms with Gasteiger partial charge in [-0.15, -0.1) is 0 Å². The van der Waals surface area contributed by atoms with E-state index in [4.69, 9.17) is 0 Å². The van der Waals surface area contributed by atoms with E-state index in [1.807, 2.05) is 6.20 Å². The van der Waals surface area contributed by atoms with Crippen LogP contribution in [0.25, 0.3) is 0 Å². The van der Waals surface area contributed by atoms with Gasteiger partial charge in [-0.3, -0.25) is 4.98 Å². The molecule has 1 aromatic heterocycles. The number of nitrogens with zero attached hydrogens (tertiary/aromatic N) is 1. The van der Waals surface area contributed by atoms with Crippen molar-refractivity contribution < 1.29 is 0 Å². The maximum Gasteiger partial charge on any atom is 0.0303 e. The lowest BCUT2D eigenvalue weighted by Crippen LogP contribution is -2.35. The Kier molecular flexibility index (Phi) is 3.85. The molecule has 2 saturated carbocycles. The van der Waals surface area contributed by atoms with Gasteiger partial charge in [0.2, 0.25) is 0 Å². The molecule has 1 N–H and O–H groups in total. The summed E-state index contributed by atoms with van der Waals surface area (Å²) >= 11 is 0. The second kappa shape index (κ2) is 5.48. The van der Waals surface area contributed by atoms with Gasteiger partial charge in [-0.1, -0.05) is 19.9 Å². The van der Waals surface area contributed by atoms with Gasteiger partial charge in [-0.2, -0.15) is 0 Å². The van der Waals surface area contributed by atoms with Gasteiger partial charge in [0.25, 0.3) is 0 Å². The molecular formula is C18H28N2. The molecule has 2 heteroatoms. The first-order valence-corrected chi connectivity index (χ1v) is 8.18. The normalized spacial score (nSPS) is 29.4. The maximum absolute atomic E-state index is 4.43. The predicted octanol–water partition coefficient (Wildman–Crippen LogP) is 4.05. The van der Waals surface area contributed by atoms with Crippen molar-refractivity contribution in [1.82, 2.24) is 10.3 Å². The third-order valence-corrected chi connectivity index (χ3v) is 5.10. The molecule has 0 saturated heterocycles. The van der Waals surface area contributed by atoms with Crippen LogP contribution in [0.5, 0.6) is 0 Å². The predicted molar refractivity (Wildman–Crippen MR) is 83.9 cm³/mol. The third kappa shape index (κ3) is 3.41. The first kappa shape index (κ1) is 14.1. The van der Waals surface area contributed by atoms with E-state index in [9.17, 15) is 0 Å². The second-order valence-corrected chi connectivity index (χ2v) is 7.75. The minimum absolute atomic E-state index is 0.477. The summed E-state index contributed by atoms with van der Waals surface area (Å²) in [6.45, 7) is 8.20. The Balaban J connectivity index is 1.76. The van der Waals surface area contributed by atoms with Crippen LogP contribution in [0.2, 0.25) is 0 Å². The standard InChI is InChI=1S/C18H28N2/c1-13-8-15(11-19-10-13)17-9-18(2,3)7-6-14(17)12-20-16-4-5-16/h8,10-11,14,16-17,20H,4-7,9,12H2,1-3H3. The van der Waals surface area contributed by atoms with Crippen LogP contribution in [-0.2, 0) is 0 Å². The molecule has 0 aliphatic heterocycles. The Hall–Kier alpha value is -0.890. The molecule has 0 radical (unpaired) electrons. The van der Waals surface area contributed by atoms with Gasteiger partial charge in [0.15, 0.2) is 0 Å². The molecule has 2 fully saturated rings. The average molecular weight is 272 g/mol. The summed E-state index contributed by atoms with van der Waals surface area (Å²) in [6, 6.07) is 3.17. The van der Waals surface area contributed by atoms with Crippen LogP contribution in [0, 0.1) is 18.3 Å². The van der Waals surface area contributed by atoms with Gasteiger partial charge in [0.1, 0.15) is 0 Å². The molecule has 1 heterocycles. The van der Waals surface area contributed by atoms with E-state index >= 15 is 0 Å². The lowest BCUT2D eigenvalue weighted by Gasteiger charge is -2.41. The van der Waals surface area contributed by atoms with Crippen molar-refractivity contribution in [2.45, 2.75) is 64.8 Å². The monoisotopic (exact) mass is 272 g/mol. The van der Waals surface area contributed by atoms with Crippen molar-refractivity contribution in [2.75, 3.05) is 6.54 Å². The first-order valence-electron chi connectivity index (χ1n) is 8.18. The number of rotatable bonds is 4. The highest BCUT2D eigenvalue weighted by Crippen LogP contribution is 2.46. The Bertz CT molecular complexity index is 460. The van der Waals surface area contributed by atoms with Gasteiger partial charge in [-0.05, 0) is 74.0 Å². The van der Waals surface area contributed by atoms with Crippen LogP contribution < -0.4 is 5.32 Å². The van der Waals surface area contributed by atoms with Gasteiger partial charge in [-0.25, -0.2) is 0 Å². The molecule has 0 amide bonds. The van der Waals surface area contributed by atoms with E-state index in [0.29, 0.717) is 11.3 Å². The highest BCUT2D eigenvalue weighted by Gasteiger charge is 2.36. The fourth-order valence-electron chi connectivity index (χ4n) is 3.66. The Morgan fingerprint density at radius 1 is 1.25 bits per heavy atom. The van der Waals surface area contributed by atoms with E-state index in [-0.39, 0.29) is 0 Å². The second-order valence-electron chi connectivity index (χ2n) is 7.75. The lowest BCUT2D eigenvalue weighted by molar-refractivity contribution is 0.159. The van der Waals surface area contributed by atoms with Crippen LogP contribution in [0.15, 0.2) is 18.5 Å². The number of pyridine rings is 1. The zero-order chi connectivity index (χ0) is 14.2. The zero-order valence-corrected chi connectivity index (χ0v) is 13.2. The van der Waals surface area contributed by atoms with Gasteiger partial charge in [0.05, 0.1) is 0 Å². The lowest BCUT2D eigenvalue weighted by atomic mass is 9.65. The van der Waals surface area contributed by atoms with Crippen molar-refractivity contribution in [2.24, 2.45) is 11.3 Å². The average Bonchev–Trinajstić information content (AvgIpc) is 3.21. The first-order chi connectivity index (χ1) is 9.53. The molecule has 2 aliphatic rings. The third-order valence-electron chi connectivity index (χ3n) is 5.10. The van der Waals surface area contributed by atoms with E-state index in [0.717, 1.165) is 12.0 Å². The summed E-state index contributed by atoms with van der Waals surface area (Å²) in [7, 11) is 0. The molecule has 1 aromatic rings. The van der Waals surface area contributed by atoms with E-state index < -0.39 is 0 Å². The van der Waals surface area contributed by atoms with Crippen LogP contribution in [0.1, 0.15) is 63.0 Å². The van der Waals surface area contributed by atoms with Crippen LogP contribution in [0.4, 0.5) is 0 Å². The smallest absolute Gasteiger partial charge is 0.0303 e. The molecule has 2 nitrogen and oxygen atoms in total. The van der Waals surface area contributed by atoms with Crippen LogP contribution >= 0.6 is 0 Å². The minimum Gasteiger partial charge on any atom is -0.314 e. The van der Waals surface area contributed by atoms with E-state index in [1.165, 1.54) is 49.8 Å².